The number of aryl methyl sites for hydroxylation is 1. The van der Waals surface area contributed by atoms with Gasteiger partial charge < -0.3 is 25.2 Å². The number of nitrogens with one attached hydrogen (secondary N) is 1. The van der Waals surface area contributed by atoms with Crippen molar-refractivity contribution in [3.63, 3.8) is 0 Å². The standard InChI is InChI=1S/C15H17ClN2O5/c1-8-5-12(20)11(6-10(8)16)17-13-9(15(22)23-2)7-18(3-4-19)14(13)21/h5-6,17,19-20H,3-4,7H2,1-2H3. The number of aliphatic hydroxyl groups excluding tert-OH is 1. The molecule has 0 spiro atoms. The van der Waals surface area contributed by atoms with Gasteiger partial charge in [0.2, 0.25) is 0 Å². The third-order valence-corrected chi connectivity index (χ3v) is 3.90. The number of aromatic hydroxyl groups is 1. The highest BCUT2D eigenvalue weighted by Gasteiger charge is 2.34. The van der Waals surface area contributed by atoms with Crippen molar-refractivity contribution < 1.29 is 24.5 Å². The van der Waals surface area contributed by atoms with Crippen LogP contribution in [0.1, 0.15) is 5.56 Å². The van der Waals surface area contributed by atoms with Gasteiger partial charge in [-0.15, -0.1) is 0 Å². The maximum absolute atomic E-state index is 12.4. The highest BCUT2D eigenvalue weighted by molar-refractivity contribution is 6.31. The van der Waals surface area contributed by atoms with E-state index in [0.29, 0.717) is 10.6 Å². The smallest absolute Gasteiger partial charge is 0.337 e. The number of hydrogen-bond donors (Lipinski definition) is 3. The van der Waals surface area contributed by atoms with Crippen LogP contribution in [-0.4, -0.2) is 53.8 Å². The quantitative estimate of drug-likeness (QED) is 0.547. The van der Waals surface area contributed by atoms with Gasteiger partial charge in [-0.3, -0.25) is 4.79 Å². The first-order valence-corrected chi connectivity index (χ1v) is 7.24. The first kappa shape index (κ1) is 17.1. The highest BCUT2D eigenvalue weighted by atomic mass is 35.5. The van der Waals surface area contributed by atoms with E-state index in [2.05, 4.69) is 10.1 Å². The Balaban J connectivity index is 2.39. The minimum atomic E-state index is -0.654. The number of rotatable bonds is 5. The molecule has 8 heteroatoms. The van der Waals surface area contributed by atoms with Crippen LogP contribution >= 0.6 is 11.6 Å². The van der Waals surface area contributed by atoms with Gasteiger partial charge in [0, 0.05) is 11.6 Å². The summed E-state index contributed by atoms with van der Waals surface area (Å²) in [5.41, 5.74) is 1.01. The van der Waals surface area contributed by atoms with Crippen LogP contribution in [0.5, 0.6) is 5.75 Å². The van der Waals surface area contributed by atoms with Crippen LogP contribution in [0, 0.1) is 6.92 Å². The molecule has 0 aliphatic carbocycles. The molecule has 0 unspecified atom stereocenters. The molecule has 7 nitrogen and oxygen atoms in total. The Kier molecular flexibility index (Phi) is 5.12. The average molecular weight is 341 g/mol. The fraction of sp³-hybridized carbons (Fsp3) is 0.333. The van der Waals surface area contributed by atoms with Crippen LogP contribution in [0.4, 0.5) is 5.69 Å². The molecule has 1 aromatic rings. The van der Waals surface area contributed by atoms with Crippen molar-refractivity contribution in [1.29, 1.82) is 0 Å². The number of ether oxygens (including phenoxy) is 1. The molecule has 2 rings (SSSR count). The summed E-state index contributed by atoms with van der Waals surface area (Å²) in [6.07, 6.45) is 0. The van der Waals surface area contributed by atoms with Gasteiger partial charge in [0.15, 0.2) is 0 Å². The molecule has 1 aromatic carbocycles. The second-order valence-corrected chi connectivity index (χ2v) is 5.45. The number of phenols is 1. The lowest BCUT2D eigenvalue weighted by atomic mass is 10.2. The molecular weight excluding hydrogens is 324 g/mol. The van der Waals surface area contributed by atoms with Crippen LogP contribution in [0.3, 0.4) is 0 Å². The van der Waals surface area contributed by atoms with Gasteiger partial charge in [-0.05, 0) is 24.6 Å². The van der Waals surface area contributed by atoms with E-state index in [4.69, 9.17) is 16.7 Å². The molecule has 0 aromatic heterocycles. The summed E-state index contributed by atoms with van der Waals surface area (Å²) < 4.78 is 4.68. The zero-order valence-corrected chi connectivity index (χ0v) is 13.5. The van der Waals surface area contributed by atoms with Crippen molar-refractivity contribution in [2.24, 2.45) is 0 Å². The number of β-amino-alcohol motifs (C(OH)–C–C–N with tert-alkyl or cyclic N) is 1. The molecule has 0 radical (unpaired) electrons. The van der Waals surface area contributed by atoms with Crippen LogP contribution in [-0.2, 0) is 14.3 Å². The molecule has 23 heavy (non-hydrogen) atoms. The first-order chi connectivity index (χ1) is 10.9. The summed E-state index contributed by atoms with van der Waals surface area (Å²) in [6, 6.07) is 2.92. The van der Waals surface area contributed by atoms with Crippen molar-refractivity contribution in [3.8, 4) is 5.75 Å². The van der Waals surface area contributed by atoms with E-state index in [9.17, 15) is 14.7 Å². The number of esters is 1. The van der Waals surface area contributed by atoms with Crippen molar-refractivity contribution in [2.45, 2.75) is 6.92 Å². The van der Waals surface area contributed by atoms with Gasteiger partial charge in [0.05, 0.1) is 31.5 Å². The van der Waals surface area contributed by atoms with Crippen LogP contribution < -0.4 is 5.32 Å². The number of phenolic OH excluding ortho intramolecular Hbond substituents is 1. The summed E-state index contributed by atoms with van der Waals surface area (Å²) in [7, 11) is 1.21. The van der Waals surface area contributed by atoms with Gasteiger partial charge in [-0.1, -0.05) is 11.6 Å². The number of halogens is 1. The maximum atomic E-state index is 12.4. The molecule has 1 aliphatic heterocycles. The molecule has 0 bridgehead atoms. The predicted molar refractivity (Wildman–Crippen MR) is 84.2 cm³/mol. The molecule has 0 atom stereocenters. The number of benzene rings is 1. The average Bonchev–Trinajstić information content (AvgIpc) is 2.81. The largest absolute Gasteiger partial charge is 0.506 e. The third-order valence-electron chi connectivity index (χ3n) is 3.49. The lowest BCUT2D eigenvalue weighted by Crippen LogP contribution is -2.31. The SMILES string of the molecule is COC(=O)C1=C(Nc2cc(Cl)c(C)cc2O)C(=O)N(CCO)C1. The Morgan fingerprint density at radius 1 is 1.48 bits per heavy atom. The Morgan fingerprint density at radius 3 is 2.78 bits per heavy atom. The van der Waals surface area contributed by atoms with E-state index in [1.54, 1.807) is 6.92 Å². The third kappa shape index (κ3) is 3.40. The van der Waals surface area contributed by atoms with Gasteiger partial charge >= 0.3 is 5.97 Å². The summed E-state index contributed by atoms with van der Waals surface area (Å²) >= 11 is 6.03. The Bertz CT molecular complexity index is 687. The van der Waals surface area contributed by atoms with Crippen LogP contribution in [0.2, 0.25) is 5.02 Å². The Hall–Kier alpha value is -2.25. The van der Waals surface area contributed by atoms with Crippen molar-refractivity contribution in [1.82, 2.24) is 4.90 Å². The normalized spacial score (nSPS) is 14.4. The van der Waals surface area contributed by atoms with Crippen molar-refractivity contribution in [3.05, 3.63) is 34.0 Å². The van der Waals surface area contributed by atoms with E-state index in [1.165, 1.54) is 24.1 Å². The minimum Gasteiger partial charge on any atom is -0.506 e. The fourth-order valence-corrected chi connectivity index (χ4v) is 2.41. The number of methoxy groups -OCH3 is 1. The zero-order valence-electron chi connectivity index (χ0n) is 12.7. The van der Waals surface area contributed by atoms with Gasteiger partial charge in [-0.2, -0.15) is 0 Å². The van der Waals surface area contributed by atoms with E-state index < -0.39 is 11.9 Å². The molecule has 0 saturated heterocycles. The summed E-state index contributed by atoms with van der Waals surface area (Å²) in [4.78, 5) is 25.5. The number of nitrogens with zero attached hydrogens (tertiary/aromatic N) is 1. The number of aliphatic hydroxyl groups is 1. The van der Waals surface area contributed by atoms with E-state index >= 15 is 0 Å². The molecule has 1 aliphatic rings. The first-order valence-electron chi connectivity index (χ1n) is 6.86. The Labute approximate surface area is 138 Å². The summed E-state index contributed by atoms with van der Waals surface area (Å²) in [6.45, 7) is 1.61. The fourth-order valence-electron chi connectivity index (χ4n) is 2.25. The number of anilines is 1. The molecular formula is C15H17ClN2O5. The molecule has 1 amide bonds. The predicted octanol–water partition coefficient (Wildman–Crippen LogP) is 1.03. The number of carbonyl (C=O) groups is 2. The highest BCUT2D eigenvalue weighted by Crippen LogP contribution is 2.32. The van der Waals surface area contributed by atoms with Gasteiger partial charge in [0.1, 0.15) is 11.4 Å². The summed E-state index contributed by atoms with van der Waals surface area (Å²) in [5.74, 6) is -1.22. The van der Waals surface area contributed by atoms with Crippen LogP contribution in [0.15, 0.2) is 23.4 Å². The number of carbonyl (C=O) groups excluding carboxylic acids is 2. The van der Waals surface area contributed by atoms with E-state index in [0.717, 1.165) is 0 Å². The van der Waals surface area contributed by atoms with E-state index in [1.807, 2.05) is 0 Å². The van der Waals surface area contributed by atoms with Crippen molar-refractivity contribution >= 4 is 29.2 Å². The minimum absolute atomic E-state index is 0.000481. The van der Waals surface area contributed by atoms with E-state index in [-0.39, 0.29) is 42.4 Å². The number of amides is 1. The molecule has 124 valence electrons. The molecule has 0 saturated carbocycles. The summed E-state index contributed by atoms with van der Waals surface area (Å²) in [5, 5.41) is 22.2. The van der Waals surface area contributed by atoms with Gasteiger partial charge in [0.25, 0.3) is 5.91 Å². The second-order valence-electron chi connectivity index (χ2n) is 5.04. The molecule has 1 heterocycles. The second kappa shape index (κ2) is 6.89. The molecule has 3 N–H and O–H groups in total. The zero-order chi connectivity index (χ0) is 17.1. The molecule has 0 fully saturated rings. The topological polar surface area (TPSA) is 99.1 Å². The number of hydrogen-bond acceptors (Lipinski definition) is 6. The maximum Gasteiger partial charge on any atom is 0.337 e. The Morgan fingerprint density at radius 2 is 2.17 bits per heavy atom. The lowest BCUT2D eigenvalue weighted by Gasteiger charge is -2.15. The lowest BCUT2D eigenvalue weighted by molar-refractivity contribution is -0.136. The van der Waals surface area contributed by atoms with Crippen molar-refractivity contribution in [2.75, 3.05) is 32.1 Å². The van der Waals surface area contributed by atoms with Crippen LogP contribution in [0.25, 0.3) is 0 Å². The monoisotopic (exact) mass is 340 g/mol. The van der Waals surface area contributed by atoms with Gasteiger partial charge in [-0.25, -0.2) is 4.79 Å².